The Morgan fingerprint density at radius 1 is 1.03 bits per heavy atom. The highest BCUT2D eigenvalue weighted by molar-refractivity contribution is 7.98. The maximum absolute atomic E-state index is 14.7. The molecule has 0 unspecified atom stereocenters. The Morgan fingerprint density at radius 2 is 1.85 bits per heavy atom. The standard InChI is InChI=1S/C23H18FN5O4S/c1-30-16-6-8-17(9-7-16)32-13-21-26-27-23(29(21)19-5-3-2-4-18(19)24)34-14-20-25-22(33-28-20)15-10-11-31-12-15/h2-12H,13-14H2,1H3. The summed E-state index contributed by atoms with van der Waals surface area (Å²) in [6, 6.07) is 15.3. The van der Waals surface area contributed by atoms with Crippen molar-refractivity contribution < 1.29 is 22.8 Å². The van der Waals surface area contributed by atoms with Gasteiger partial charge in [0.2, 0.25) is 0 Å². The Hall–Kier alpha value is -4.12. The first kappa shape index (κ1) is 21.7. The third kappa shape index (κ3) is 4.64. The number of benzene rings is 2. The van der Waals surface area contributed by atoms with E-state index in [9.17, 15) is 4.39 Å². The fraction of sp³-hybridized carbons (Fsp3) is 0.130. The van der Waals surface area contributed by atoms with Crippen LogP contribution in [0, 0.1) is 5.82 Å². The first-order chi connectivity index (χ1) is 16.7. The number of aromatic nitrogens is 5. The van der Waals surface area contributed by atoms with Crippen LogP contribution in [0.15, 0.2) is 81.2 Å². The van der Waals surface area contributed by atoms with Gasteiger partial charge in [0.1, 0.15) is 30.2 Å². The highest BCUT2D eigenvalue weighted by atomic mass is 32.2. The van der Waals surface area contributed by atoms with E-state index in [1.54, 1.807) is 60.2 Å². The lowest BCUT2D eigenvalue weighted by Crippen LogP contribution is -2.08. The average molecular weight is 479 g/mol. The number of hydrogen-bond acceptors (Lipinski definition) is 9. The van der Waals surface area contributed by atoms with Crippen molar-refractivity contribution in [2.45, 2.75) is 17.5 Å². The molecule has 34 heavy (non-hydrogen) atoms. The second-order valence-corrected chi connectivity index (χ2v) is 7.91. The number of hydrogen-bond donors (Lipinski definition) is 0. The predicted octanol–water partition coefficient (Wildman–Crippen LogP) is 4.93. The lowest BCUT2D eigenvalue weighted by atomic mass is 10.3. The third-order valence-electron chi connectivity index (χ3n) is 4.79. The largest absolute Gasteiger partial charge is 0.497 e. The SMILES string of the molecule is COc1ccc(OCc2nnc(SCc3noc(-c4ccoc4)n3)n2-c2ccccc2F)cc1. The second-order valence-electron chi connectivity index (χ2n) is 6.97. The van der Waals surface area contributed by atoms with Crippen LogP contribution < -0.4 is 9.47 Å². The summed E-state index contributed by atoms with van der Waals surface area (Å²) in [5, 5.41) is 12.9. The van der Waals surface area contributed by atoms with Gasteiger partial charge in [-0.2, -0.15) is 4.98 Å². The van der Waals surface area contributed by atoms with Crippen molar-refractivity contribution in [2.24, 2.45) is 0 Å². The van der Waals surface area contributed by atoms with Gasteiger partial charge in [0.15, 0.2) is 16.8 Å². The Morgan fingerprint density at radius 3 is 2.62 bits per heavy atom. The van der Waals surface area contributed by atoms with Crippen molar-refractivity contribution in [2.75, 3.05) is 7.11 Å². The molecule has 0 aliphatic rings. The molecule has 0 bridgehead atoms. The molecule has 5 rings (SSSR count). The molecule has 0 saturated carbocycles. The van der Waals surface area contributed by atoms with Crippen molar-refractivity contribution in [1.29, 1.82) is 0 Å². The highest BCUT2D eigenvalue weighted by Gasteiger charge is 2.19. The van der Waals surface area contributed by atoms with Crippen LogP contribution in [0.25, 0.3) is 17.1 Å². The van der Waals surface area contributed by atoms with Crippen LogP contribution >= 0.6 is 11.8 Å². The Kier molecular flexibility index (Phi) is 6.25. The molecule has 3 aromatic heterocycles. The van der Waals surface area contributed by atoms with Gasteiger partial charge in [0, 0.05) is 0 Å². The van der Waals surface area contributed by atoms with Gasteiger partial charge in [-0.1, -0.05) is 29.1 Å². The highest BCUT2D eigenvalue weighted by Crippen LogP contribution is 2.28. The number of para-hydroxylation sites is 1. The molecule has 0 aliphatic heterocycles. The van der Waals surface area contributed by atoms with Gasteiger partial charge in [-0.3, -0.25) is 4.57 Å². The number of rotatable bonds is 9. The first-order valence-electron chi connectivity index (χ1n) is 10.2. The molecule has 0 saturated heterocycles. The van der Waals surface area contributed by atoms with Crippen LogP contribution in [0.4, 0.5) is 4.39 Å². The van der Waals surface area contributed by atoms with Crippen LogP contribution in [0.3, 0.4) is 0 Å². The van der Waals surface area contributed by atoms with Crippen molar-refractivity contribution in [1.82, 2.24) is 24.9 Å². The van der Waals surface area contributed by atoms with Crippen molar-refractivity contribution >= 4 is 11.8 Å². The van der Waals surface area contributed by atoms with E-state index in [2.05, 4.69) is 20.3 Å². The van der Waals surface area contributed by atoms with E-state index in [1.807, 2.05) is 0 Å². The minimum atomic E-state index is -0.406. The molecule has 11 heteroatoms. The average Bonchev–Trinajstić information content (AvgIpc) is 3.63. The summed E-state index contributed by atoms with van der Waals surface area (Å²) in [6.45, 7) is 0.0844. The van der Waals surface area contributed by atoms with Crippen molar-refractivity contribution in [3.05, 3.63) is 84.6 Å². The third-order valence-corrected chi connectivity index (χ3v) is 5.71. The van der Waals surface area contributed by atoms with Gasteiger partial charge in [0.25, 0.3) is 5.89 Å². The molecular formula is C23H18FN5O4S. The van der Waals surface area contributed by atoms with E-state index in [4.69, 9.17) is 18.4 Å². The minimum Gasteiger partial charge on any atom is -0.497 e. The Bertz CT molecular complexity index is 1370. The molecule has 0 spiro atoms. The summed E-state index contributed by atoms with van der Waals surface area (Å²) in [7, 11) is 1.60. The van der Waals surface area contributed by atoms with Crippen LogP contribution in [-0.2, 0) is 12.4 Å². The van der Waals surface area contributed by atoms with Gasteiger partial charge in [0.05, 0.1) is 30.4 Å². The van der Waals surface area contributed by atoms with Crippen LogP contribution in [0.5, 0.6) is 11.5 Å². The van der Waals surface area contributed by atoms with Crippen LogP contribution in [0.1, 0.15) is 11.6 Å². The summed E-state index contributed by atoms with van der Waals surface area (Å²) >= 11 is 1.30. The molecule has 5 aromatic rings. The van der Waals surface area contributed by atoms with Gasteiger partial charge in [-0.15, -0.1) is 10.2 Å². The van der Waals surface area contributed by atoms with E-state index in [0.29, 0.717) is 45.4 Å². The zero-order valence-electron chi connectivity index (χ0n) is 17.9. The number of halogens is 1. The number of methoxy groups -OCH3 is 1. The maximum atomic E-state index is 14.7. The smallest absolute Gasteiger partial charge is 0.261 e. The summed E-state index contributed by atoms with van der Waals surface area (Å²) in [6.07, 6.45) is 3.05. The van der Waals surface area contributed by atoms with Crippen molar-refractivity contribution in [3.8, 4) is 28.6 Å². The molecule has 2 aromatic carbocycles. The lowest BCUT2D eigenvalue weighted by Gasteiger charge is -2.12. The fourth-order valence-electron chi connectivity index (χ4n) is 3.13. The molecule has 0 amide bonds. The number of thioether (sulfide) groups is 1. The summed E-state index contributed by atoms with van der Waals surface area (Å²) in [4.78, 5) is 4.36. The van der Waals surface area contributed by atoms with Gasteiger partial charge >= 0.3 is 0 Å². The normalized spacial score (nSPS) is 11.0. The lowest BCUT2D eigenvalue weighted by molar-refractivity contribution is 0.292. The van der Waals surface area contributed by atoms with Gasteiger partial charge < -0.3 is 18.4 Å². The van der Waals surface area contributed by atoms with E-state index in [-0.39, 0.29) is 6.61 Å². The minimum absolute atomic E-state index is 0.0844. The predicted molar refractivity (Wildman–Crippen MR) is 120 cm³/mol. The van der Waals surface area contributed by atoms with Gasteiger partial charge in [-0.25, -0.2) is 4.39 Å². The van der Waals surface area contributed by atoms with E-state index in [1.165, 1.54) is 30.4 Å². The van der Waals surface area contributed by atoms with Gasteiger partial charge in [-0.05, 0) is 42.5 Å². The molecule has 172 valence electrons. The quantitative estimate of drug-likeness (QED) is 0.272. The molecule has 0 aliphatic carbocycles. The number of ether oxygens (including phenoxy) is 2. The second kappa shape index (κ2) is 9.79. The maximum Gasteiger partial charge on any atom is 0.261 e. The van der Waals surface area contributed by atoms with Crippen molar-refractivity contribution in [3.63, 3.8) is 0 Å². The Balaban J connectivity index is 1.37. The molecule has 0 radical (unpaired) electrons. The molecule has 0 fully saturated rings. The molecule has 0 atom stereocenters. The molecule has 9 nitrogen and oxygen atoms in total. The summed E-state index contributed by atoms with van der Waals surface area (Å²) < 4.78 is 37.7. The number of furan rings is 1. The van der Waals surface area contributed by atoms with Crippen LogP contribution in [0.2, 0.25) is 0 Å². The fourth-order valence-corrected chi connectivity index (χ4v) is 3.93. The van der Waals surface area contributed by atoms with E-state index in [0.717, 1.165) is 5.75 Å². The van der Waals surface area contributed by atoms with E-state index < -0.39 is 5.82 Å². The Labute approximate surface area is 197 Å². The van der Waals surface area contributed by atoms with Crippen LogP contribution in [-0.4, -0.2) is 32.0 Å². The topological polar surface area (TPSA) is 101 Å². The molecular weight excluding hydrogens is 461 g/mol. The first-order valence-corrected chi connectivity index (χ1v) is 11.1. The molecule has 0 N–H and O–H groups in total. The zero-order chi connectivity index (χ0) is 23.3. The molecule has 3 heterocycles. The summed E-state index contributed by atoms with van der Waals surface area (Å²) in [5.41, 5.74) is 1.01. The van der Waals surface area contributed by atoms with E-state index >= 15 is 0 Å². The number of nitrogens with zero attached hydrogens (tertiary/aromatic N) is 5. The zero-order valence-corrected chi connectivity index (χ0v) is 18.7. The monoisotopic (exact) mass is 479 g/mol. The summed E-state index contributed by atoms with van der Waals surface area (Å²) in [5.74, 6) is 2.53.